The van der Waals surface area contributed by atoms with E-state index < -0.39 is 0 Å². The number of urea groups is 1. The standard InChI is InChI=1S/C17H19BrN2O2/c1-12-8-9-14(18)10-15(12)20-17(21)19-11-16(22-2)13-6-4-3-5-7-13/h3-10,16H,11H2,1-2H3,(H2,19,20,21). The average Bonchev–Trinajstić information content (AvgIpc) is 2.52. The van der Waals surface area contributed by atoms with E-state index in [0.717, 1.165) is 21.3 Å². The number of anilines is 1. The summed E-state index contributed by atoms with van der Waals surface area (Å²) >= 11 is 3.40. The normalized spacial score (nSPS) is 11.8. The van der Waals surface area contributed by atoms with Gasteiger partial charge in [-0.3, -0.25) is 0 Å². The number of methoxy groups -OCH3 is 1. The number of nitrogens with one attached hydrogen (secondary N) is 2. The van der Waals surface area contributed by atoms with E-state index in [-0.39, 0.29) is 12.1 Å². The first-order valence-electron chi connectivity index (χ1n) is 6.99. The Morgan fingerprint density at radius 2 is 1.95 bits per heavy atom. The van der Waals surface area contributed by atoms with Crippen molar-refractivity contribution in [3.05, 3.63) is 64.1 Å². The summed E-state index contributed by atoms with van der Waals surface area (Å²) in [7, 11) is 1.63. The minimum atomic E-state index is -0.251. The Balaban J connectivity index is 1.93. The third kappa shape index (κ3) is 4.58. The molecule has 0 heterocycles. The van der Waals surface area contributed by atoms with Gasteiger partial charge in [0.05, 0.1) is 6.10 Å². The van der Waals surface area contributed by atoms with Gasteiger partial charge in [-0.15, -0.1) is 0 Å². The lowest BCUT2D eigenvalue weighted by molar-refractivity contribution is 0.104. The van der Waals surface area contributed by atoms with Crippen LogP contribution in [0.5, 0.6) is 0 Å². The molecule has 0 aliphatic rings. The molecule has 2 rings (SSSR count). The monoisotopic (exact) mass is 362 g/mol. The van der Waals surface area contributed by atoms with Crippen LogP contribution >= 0.6 is 15.9 Å². The topological polar surface area (TPSA) is 50.4 Å². The highest BCUT2D eigenvalue weighted by Crippen LogP contribution is 2.20. The molecule has 1 unspecified atom stereocenters. The second-order valence-corrected chi connectivity index (χ2v) is 5.84. The highest BCUT2D eigenvalue weighted by Gasteiger charge is 2.12. The molecule has 0 saturated heterocycles. The third-order valence-electron chi connectivity index (χ3n) is 3.35. The number of amides is 2. The van der Waals surface area contributed by atoms with Crippen LogP contribution in [0.15, 0.2) is 53.0 Å². The molecule has 0 bridgehead atoms. The number of hydrogen-bond acceptors (Lipinski definition) is 2. The average molecular weight is 363 g/mol. The van der Waals surface area contributed by atoms with Gasteiger partial charge in [0.2, 0.25) is 0 Å². The van der Waals surface area contributed by atoms with Gasteiger partial charge in [-0.1, -0.05) is 52.3 Å². The predicted molar refractivity (Wildman–Crippen MR) is 92.1 cm³/mol. The maximum atomic E-state index is 12.0. The third-order valence-corrected chi connectivity index (χ3v) is 3.84. The maximum Gasteiger partial charge on any atom is 0.319 e. The van der Waals surface area contributed by atoms with Gasteiger partial charge in [-0.25, -0.2) is 4.79 Å². The lowest BCUT2D eigenvalue weighted by Crippen LogP contribution is -2.33. The Bertz CT molecular complexity index is 632. The molecule has 4 nitrogen and oxygen atoms in total. The largest absolute Gasteiger partial charge is 0.375 e. The summed E-state index contributed by atoms with van der Waals surface area (Å²) in [4.78, 5) is 12.0. The Hall–Kier alpha value is -1.85. The van der Waals surface area contributed by atoms with E-state index in [1.54, 1.807) is 7.11 Å². The highest BCUT2D eigenvalue weighted by molar-refractivity contribution is 9.10. The van der Waals surface area contributed by atoms with Crippen LogP contribution in [-0.2, 0) is 4.74 Å². The summed E-state index contributed by atoms with van der Waals surface area (Å²) in [6, 6.07) is 15.3. The quantitative estimate of drug-likeness (QED) is 0.834. The zero-order chi connectivity index (χ0) is 15.9. The summed E-state index contributed by atoms with van der Waals surface area (Å²) in [5.41, 5.74) is 2.81. The zero-order valence-corrected chi connectivity index (χ0v) is 14.2. The lowest BCUT2D eigenvalue weighted by Gasteiger charge is -2.17. The van der Waals surface area contributed by atoms with E-state index in [1.807, 2.05) is 55.5 Å². The highest BCUT2D eigenvalue weighted by atomic mass is 79.9. The van der Waals surface area contributed by atoms with E-state index in [4.69, 9.17) is 4.74 Å². The SMILES string of the molecule is COC(CNC(=O)Nc1cc(Br)ccc1C)c1ccccc1. The van der Waals surface area contributed by atoms with Gasteiger partial charge in [-0.05, 0) is 30.2 Å². The van der Waals surface area contributed by atoms with Crippen LogP contribution in [0.4, 0.5) is 10.5 Å². The number of aryl methyl sites for hydroxylation is 1. The van der Waals surface area contributed by atoms with Crippen molar-refractivity contribution in [2.45, 2.75) is 13.0 Å². The Morgan fingerprint density at radius 1 is 1.23 bits per heavy atom. The molecular formula is C17H19BrN2O2. The number of rotatable bonds is 5. The molecule has 0 aliphatic carbocycles. The van der Waals surface area contributed by atoms with E-state index in [0.29, 0.717) is 6.54 Å². The molecular weight excluding hydrogens is 344 g/mol. The van der Waals surface area contributed by atoms with Crippen LogP contribution in [0, 0.1) is 6.92 Å². The van der Waals surface area contributed by atoms with Gasteiger partial charge < -0.3 is 15.4 Å². The second kappa shape index (κ2) is 7.96. The van der Waals surface area contributed by atoms with Crippen molar-refractivity contribution in [3.63, 3.8) is 0 Å². The number of halogens is 1. The molecule has 0 saturated carbocycles. The fourth-order valence-electron chi connectivity index (χ4n) is 2.09. The smallest absolute Gasteiger partial charge is 0.319 e. The molecule has 2 aromatic rings. The summed E-state index contributed by atoms with van der Waals surface area (Å²) in [5, 5.41) is 5.68. The maximum absolute atomic E-state index is 12.0. The first-order valence-corrected chi connectivity index (χ1v) is 7.78. The summed E-state index contributed by atoms with van der Waals surface area (Å²) < 4.78 is 6.35. The van der Waals surface area contributed by atoms with E-state index >= 15 is 0 Å². The zero-order valence-electron chi connectivity index (χ0n) is 12.6. The Labute approximate surface area is 139 Å². The number of carbonyl (C=O) groups excluding carboxylic acids is 1. The van der Waals surface area contributed by atoms with Gasteiger partial charge in [0.25, 0.3) is 0 Å². The summed E-state index contributed by atoms with van der Waals surface area (Å²) in [5.74, 6) is 0. The molecule has 0 aliphatic heterocycles. The molecule has 2 N–H and O–H groups in total. The van der Waals surface area contributed by atoms with Crippen molar-refractivity contribution in [1.29, 1.82) is 0 Å². The molecule has 0 aromatic heterocycles. The molecule has 1 atom stereocenters. The minimum absolute atomic E-state index is 0.171. The van der Waals surface area contributed by atoms with Crippen molar-refractivity contribution in [2.75, 3.05) is 19.0 Å². The van der Waals surface area contributed by atoms with Crippen molar-refractivity contribution in [3.8, 4) is 0 Å². The van der Waals surface area contributed by atoms with Gasteiger partial charge in [0, 0.05) is 23.8 Å². The predicted octanol–water partition coefficient (Wildman–Crippen LogP) is 4.27. The van der Waals surface area contributed by atoms with Crippen LogP contribution in [0.3, 0.4) is 0 Å². The molecule has 0 spiro atoms. The van der Waals surface area contributed by atoms with Gasteiger partial charge >= 0.3 is 6.03 Å². The van der Waals surface area contributed by atoms with Crippen molar-refractivity contribution in [2.24, 2.45) is 0 Å². The van der Waals surface area contributed by atoms with Gasteiger partial charge in [0.1, 0.15) is 0 Å². The molecule has 0 fully saturated rings. The fraction of sp³-hybridized carbons (Fsp3) is 0.235. The van der Waals surface area contributed by atoms with Crippen molar-refractivity contribution in [1.82, 2.24) is 5.32 Å². The number of ether oxygens (including phenoxy) is 1. The van der Waals surface area contributed by atoms with Crippen molar-refractivity contribution >= 4 is 27.6 Å². The fourth-order valence-corrected chi connectivity index (χ4v) is 2.45. The summed E-state index contributed by atoms with van der Waals surface area (Å²) in [6.07, 6.45) is -0.171. The number of carbonyl (C=O) groups is 1. The molecule has 2 aromatic carbocycles. The van der Waals surface area contributed by atoms with Crippen LogP contribution in [0.1, 0.15) is 17.2 Å². The van der Waals surface area contributed by atoms with Gasteiger partial charge in [0.15, 0.2) is 0 Å². The van der Waals surface area contributed by atoms with E-state index in [1.165, 1.54) is 0 Å². The number of hydrogen-bond donors (Lipinski definition) is 2. The van der Waals surface area contributed by atoms with Crippen LogP contribution in [-0.4, -0.2) is 19.7 Å². The number of benzene rings is 2. The van der Waals surface area contributed by atoms with Crippen molar-refractivity contribution < 1.29 is 9.53 Å². The lowest BCUT2D eigenvalue weighted by atomic mass is 10.1. The molecule has 2 amide bonds. The van der Waals surface area contributed by atoms with Crippen LogP contribution < -0.4 is 10.6 Å². The first kappa shape index (κ1) is 16.5. The molecule has 116 valence electrons. The first-order chi connectivity index (χ1) is 10.6. The van der Waals surface area contributed by atoms with Crippen LogP contribution in [0.25, 0.3) is 0 Å². The molecule has 22 heavy (non-hydrogen) atoms. The Morgan fingerprint density at radius 3 is 2.64 bits per heavy atom. The Kier molecular flexibility index (Phi) is 5.98. The molecule has 0 radical (unpaired) electrons. The molecule has 5 heteroatoms. The second-order valence-electron chi connectivity index (χ2n) is 4.93. The summed E-state index contributed by atoms with van der Waals surface area (Å²) in [6.45, 7) is 2.35. The van der Waals surface area contributed by atoms with Gasteiger partial charge in [-0.2, -0.15) is 0 Å². The van der Waals surface area contributed by atoms with E-state index in [9.17, 15) is 4.79 Å². The minimum Gasteiger partial charge on any atom is -0.375 e. The van der Waals surface area contributed by atoms with Crippen LogP contribution in [0.2, 0.25) is 0 Å². The van der Waals surface area contributed by atoms with E-state index in [2.05, 4.69) is 26.6 Å².